The Morgan fingerprint density at radius 2 is 1.78 bits per heavy atom. The second-order valence-corrected chi connectivity index (χ2v) is 3.71. The van der Waals surface area contributed by atoms with E-state index in [1.54, 1.807) is 18.3 Å². The predicted octanol–water partition coefficient (Wildman–Crippen LogP) is 3.16. The average molecular weight is 271 g/mol. The van der Waals surface area contributed by atoms with Crippen LogP contribution in [0.4, 0.5) is 8.78 Å². The molecule has 0 amide bonds. The molecule has 1 unspecified atom stereocenters. The SMILES string of the molecule is Cl.NCc1ccc(C(F)c2ccc(F)cc2)nc1. The van der Waals surface area contributed by atoms with Gasteiger partial charge in [-0.15, -0.1) is 12.4 Å². The third kappa shape index (κ3) is 3.24. The largest absolute Gasteiger partial charge is 0.326 e. The van der Waals surface area contributed by atoms with Crippen LogP contribution in [-0.4, -0.2) is 4.98 Å². The van der Waals surface area contributed by atoms with Crippen molar-refractivity contribution in [2.24, 2.45) is 5.73 Å². The van der Waals surface area contributed by atoms with Gasteiger partial charge in [0.25, 0.3) is 0 Å². The van der Waals surface area contributed by atoms with Crippen LogP contribution in [0.2, 0.25) is 0 Å². The van der Waals surface area contributed by atoms with Crippen molar-refractivity contribution < 1.29 is 8.78 Å². The maximum Gasteiger partial charge on any atom is 0.167 e. The third-order valence-electron chi connectivity index (χ3n) is 2.51. The zero-order valence-electron chi connectivity index (χ0n) is 9.51. The van der Waals surface area contributed by atoms with Crippen molar-refractivity contribution in [1.82, 2.24) is 4.98 Å². The van der Waals surface area contributed by atoms with Gasteiger partial charge in [-0.1, -0.05) is 18.2 Å². The molecule has 0 fully saturated rings. The van der Waals surface area contributed by atoms with Crippen molar-refractivity contribution in [3.63, 3.8) is 0 Å². The van der Waals surface area contributed by atoms with Crippen molar-refractivity contribution in [1.29, 1.82) is 0 Å². The van der Waals surface area contributed by atoms with Gasteiger partial charge in [-0.05, 0) is 29.3 Å². The zero-order valence-corrected chi connectivity index (χ0v) is 10.3. The van der Waals surface area contributed by atoms with Gasteiger partial charge in [-0.3, -0.25) is 4.98 Å². The summed E-state index contributed by atoms with van der Waals surface area (Å²) < 4.78 is 26.7. The Morgan fingerprint density at radius 1 is 1.11 bits per heavy atom. The van der Waals surface area contributed by atoms with E-state index in [0.29, 0.717) is 17.8 Å². The molecule has 1 atom stereocenters. The van der Waals surface area contributed by atoms with Gasteiger partial charge >= 0.3 is 0 Å². The minimum absolute atomic E-state index is 0. The van der Waals surface area contributed by atoms with Gasteiger partial charge in [0.05, 0.1) is 5.69 Å². The number of halogens is 3. The Bertz CT molecular complexity index is 485. The van der Waals surface area contributed by atoms with Gasteiger partial charge in [0.1, 0.15) is 5.82 Å². The number of benzene rings is 1. The Balaban J connectivity index is 0.00000162. The number of hydrogen-bond acceptors (Lipinski definition) is 2. The van der Waals surface area contributed by atoms with Crippen molar-refractivity contribution in [2.45, 2.75) is 12.7 Å². The van der Waals surface area contributed by atoms with Crippen LogP contribution in [0.1, 0.15) is 23.0 Å². The lowest BCUT2D eigenvalue weighted by molar-refractivity contribution is 0.393. The van der Waals surface area contributed by atoms with Gasteiger partial charge < -0.3 is 5.73 Å². The van der Waals surface area contributed by atoms with Crippen LogP contribution in [0.5, 0.6) is 0 Å². The molecule has 2 rings (SSSR count). The highest BCUT2D eigenvalue weighted by Crippen LogP contribution is 2.24. The summed E-state index contributed by atoms with van der Waals surface area (Å²) >= 11 is 0. The van der Waals surface area contributed by atoms with Crippen LogP contribution in [0, 0.1) is 5.82 Å². The number of hydrogen-bond donors (Lipinski definition) is 1. The number of nitrogens with two attached hydrogens (primary N) is 1. The maximum atomic E-state index is 14.0. The van der Waals surface area contributed by atoms with E-state index < -0.39 is 6.17 Å². The highest BCUT2D eigenvalue weighted by Gasteiger charge is 2.13. The molecule has 2 N–H and O–H groups in total. The molecule has 2 aromatic rings. The molecule has 0 aliphatic carbocycles. The summed E-state index contributed by atoms with van der Waals surface area (Å²) in [6, 6.07) is 8.62. The predicted molar refractivity (Wildman–Crippen MR) is 68.7 cm³/mol. The standard InChI is InChI=1S/C13H12F2N2.ClH/c14-11-4-2-10(3-5-11)13(15)12-6-1-9(7-16)8-17-12;/h1-6,8,13H,7,16H2;1H. The first-order valence-corrected chi connectivity index (χ1v) is 5.25. The molecule has 0 spiro atoms. The van der Waals surface area contributed by atoms with Gasteiger partial charge in [0.15, 0.2) is 6.17 Å². The molecular formula is C13H13ClF2N2. The molecule has 96 valence electrons. The minimum Gasteiger partial charge on any atom is -0.326 e. The first-order valence-electron chi connectivity index (χ1n) is 5.25. The Morgan fingerprint density at radius 3 is 2.28 bits per heavy atom. The van der Waals surface area contributed by atoms with Gasteiger partial charge in [-0.2, -0.15) is 0 Å². The average Bonchev–Trinajstić information content (AvgIpc) is 2.39. The number of alkyl halides is 1. The summed E-state index contributed by atoms with van der Waals surface area (Å²) in [6.07, 6.45) is 0.202. The molecule has 1 aromatic carbocycles. The number of rotatable bonds is 3. The molecule has 18 heavy (non-hydrogen) atoms. The molecular weight excluding hydrogens is 258 g/mol. The van der Waals surface area contributed by atoms with Crippen LogP contribution in [-0.2, 0) is 6.54 Å². The van der Waals surface area contributed by atoms with Crippen LogP contribution in [0.15, 0.2) is 42.6 Å². The first-order chi connectivity index (χ1) is 8.20. The van der Waals surface area contributed by atoms with E-state index in [-0.39, 0.29) is 18.2 Å². The molecule has 0 aliphatic heterocycles. The molecule has 0 saturated heterocycles. The number of aromatic nitrogens is 1. The van der Waals surface area contributed by atoms with E-state index >= 15 is 0 Å². The first kappa shape index (κ1) is 14.5. The Kier molecular flexibility index (Phi) is 5.19. The lowest BCUT2D eigenvalue weighted by atomic mass is 10.1. The van der Waals surface area contributed by atoms with Crippen LogP contribution in [0.3, 0.4) is 0 Å². The Labute approximate surface area is 110 Å². The maximum absolute atomic E-state index is 14.0. The summed E-state index contributed by atoms with van der Waals surface area (Å²) in [6.45, 7) is 0.376. The lowest BCUT2D eigenvalue weighted by Gasteiger charge is -2.08. The van der Waals surface area contributed by atoms with Crippen LogP contribution in [0.25, 0.3) is 0 Å². The topological polar surface area (TPSA) is 38.9 Å². The van der Waals surface area contributed by atoms with Crippen molar-refractivity contribution in [3.05, 3.63) is 65.2 Å². The minimum atomic E-state index is -1.34. The van der Waals surface area contributed by atoms with Crippen molar-refractivity contribution in [2.75, 3.05) is 0 Å². The van der Waals surface area contributed by atoms with E-state index in [9.17, 15) is 8.78 Å². The van der Waals surface area contributed by atoms with Crippen molar-refractivity contribution >= 4 is 12.4 Å². The lowest BCUT2D eigenvalue weighted by Crippen LogP contribution is -2.01. The van der Waals surface area contributed by atoms with E-state index in [1.807, 2.05) is 0 Å². The highest BCUT2D eigenvalue weighted by atomic mass is 35.5. The molecule has 1 aromatic heterocycles. The van der Waals surface area contributed by atoms with Crippen LogP contribution < -0.4 is 5.73 Å². The van der Waals surface area contributed by atoms with E-state index in [1.165, 1.54) is 24.3 Å². The molecule has 0 bridgehead atoms. The van der Waals surface area contributed by atoms with E-state index in [4.69, 9.17) is 5.73 Å². The second-order valence-electron chi connectivity index (χ2n) is 3.71. The normalized spacial score (nSPS) is 11.7. The molecule has 1 heterocycles. The smallest absolute Gasteiger partial charge is 0.167 e. The quantitative estimate of drug-likeness (QED) is 0.930. The highest BCUT2D eigenvalue weighted by molar-refractivity contribution is 5.85. The summed E-state index contributed by atoms with van der Waals surface area (Å²) in [5.74, 6) is -0.382. The third-order valence-corrected chi connectivity index (χ3v) is 2.51. The number of pyridine rings is 1. The van der Waals surface area contributed by atoms with Crippen molar-refractivity contribution in [3.8, 4) is 0 Å². The molecule has 0 saturated carbocycles. The van der Waals surface area contributed by atoms with Gasteiger partial charge in [0.2, 0.25) is 0 Å². The van der Waals surface area contributed by atoms with Gasteiger partial charge in [0, 0.05) is 12.7 Å². The summed E-state index contributed by atoms with van der Waals surface area (Å²) in [4.78, 5) is 4.00. The van der Waals surface area contributed by atoms with E-state index in [0.717, 1.165) is 5.56 Å². The Hall–Kier alpha value is -1.52. The van der Waals surface area contributed by atoms with Crippen LogP contribution >= 0.6 is 12.4 Å². The number of nitrogens with zero attached hydrogens (tertiary/aromatic N) is 1. The summed E-state index contributed by atoms with van der Waals surface area (Å²) in [5.41, 5.74) is 6.96. The molecule has 0 radical (unpaired) electrons. The second kappa shape index (κ2) is 6.42. The fraction of sp³-hybridized carbons (Fsp3) is 0.154. The zero-order chi connectivity index (χ0) is 12.3. The molecule has 5 heteroatoms. The molecule has 0 aliphatic rings. The van der Waals surface area contributed by atoms with E-state index in [2.05, 4.69) is 4.98 Å². The summed E-state index contributed by atoms with van der Waals surface area (Å²) in [5, 5.41) is 0. The fourth-order valence-electron chi connectivity index (χ4n) is 1.51. The molecule has 2 nitrogen and oxygen atoms in total. The van der Waals surface area contributed by atoms with Gasteiger partial charge in [-0.25, -0.2) is 8.78 Å². The summed E-state index contributed by atoms with van der Waals surface area (Å²) in [7, 11) is 0. The fourth-order valence-corrected chi connectivity index (χ4v) is 1.51. The monoisotopic (exact) mass is 270 g/mol.